The van der Waals surface area contributed by atoms with Crippen LogP contribution in [0.2, 0.25) is 0 Å². The van der Waals surface area contributed by atoms with E-state index >= 15 is 0 Å². The van der Waals surface area contributed by atoms with E-state index in [2.05, 4.69) is 15.3 Å². The maximum absolute atomic E-state index is 12.5. The monoisotopic (exact) mass is 388 g/mol. The first kappa shape index (κ1) is 18.3. The van der Waals surface area contributed by atoms with E-state index in [4.69, 9.17) is 0 Å². The zero-order valence-electron chi connectivity index (χ0n) is 14.3. The highest BCUT2D eigenvalue weighted by molar-refractivity contribution is 8.00. The molecule has 1 unspecified atom stereocenters. The molecule has 0 saturated carbocycles. The maximum Gasteiger partial charge on any atom is 0.269 e. The number of thioether (sulfide) groups is 1. The van der Waals surface area contributed by atoms with Crippen molar-refractivity contribution in [3.05, 3.63) is 51.1 Å². The Bertz CT molecular complexity index is 986. The molecule has 1 N–H and O–H groups in total. The Hall–Kier alpha value is -2.52. The first-order chi connectivity index (χ1) is 12.4. The number of hydrogen-bond acceptors (Lipinski definition) is 7. The van der Waals surface area contributed by atoms with Crippen molar-refractivity contribution in [2.45, 2.75) is 31.0 Å². The number of nitro benzene ring substituents is 1. The number of rotatable bonds is 5. The molecule has 2 heterocycles. The zero-order chi connectivity index (χ0) is 18.8. The van der Waals surface area contributed by atoms with Gasteiger partial charge in [-0.2, -0.15) is 0 Å². The van der Waals surface area contributed by atoms with Crippen molar-refractivity contribution >= 4 is 50.6 Å². The molecule has 1 aromatic carbocycles. The summed E-state index contributed by atoms with van der Waals surface area (Å²) in [5, 5.41) is 14.8. The van der Waals surface area contributed by atoms with Crippen LogP contribution in [0.15, 0.2) is 35.6 Å². The standard InChI is InChI=1S/C17H16N4O3S2/c1-9-10(2)25-16-14(9)17(19-8-18-16)26-11(3)15(22)20-12-4-6-13(7-5-12)21(23)24/h4-8,11H,1-3H3,(H,20,22). The molecule has 26 heavy (non-hydrogen) atoms. The van der Waals surface area contributed by atoms with Gasteiger partial charge in [-0.15, -0.1) is 11.3 Å². The third-order valence-corrected chi connectivity index (χ3v) is 6.15. The number of aromatic nitrogens is 2. The van der Waals surface area contributed by atoms with Gasteiger partial charge in [0.2, 0.25) is 5.91 Å². The Morgan fingerprint density at radius 1 is 1.27 bits per heavy atom. The highest BCUT2D eigenvalue weighted by Crippen LogP contribution is 2.36. The fourth-order valence-electron chi connectivity index (χ4n) is 2.37. The molecule has 3 aromatic rings. The molecule has 134 valence electrons. The van der Waals surface area contributed by atoms with Gasteiger partial charge in [0.1, 0.15) is 16.2 Å². The van der Waals surface area contributed by atoms with Crippen molar-refractivity contribution < 1.29 is 9.72 Å². The molecule has 1 atom stereocenters. The van der Waals surface area contributed by atoms with Crippen molar-refractivity contribution in [3.63, 3.8) is 0 Å². The quantitative estimate of drug-likeness (QED) is 0.302. The fraction of sp³-hybridized carbons (Fsp3) is 0.235. The van der Waals surface area contributed by atoms with Gasteiger partial charge in [0.15, 0.2) is 0 Å². The van der Waals surface area contributed by atoms with E-state index in [0.29, 0.717) is 5.69 Å². The largest absolute Gasteiger partial charge is 0.325 e. The summed E-state index contributed by atoms with van der Waals surface area (Å²) in [6, 6.07) is 5.75. The SMILES string of the molecule is Cc1sc2ncnc(SC(C)C(=O)Nc3ccc([N+](=O)[O-])cc3)c2c1C. The number of non-ortho nitro benzene ring substituents is 1. The summed E-state index contributed by atoms with van der Waals surface area (Å²) < 4.78 is 0. The van der Waals surface area contributed by atoms with Gasteiger partial charge >= 0.3 is 0 Å². The average molecular weight is 388 g/mol. The highest BCUT2D eigenvalue weighted by Gasteiger charge is 2.19. The van der Waals surface area contributed by atoms with Crippen molar-refractivity contribution in [1.29, 1.82) is 0 Å². The van der Waals surface area contributed by atoms with Crippen LogP contribution in [0.5, 0.6) is 0 Å². The molecule has 7 nitrogen and oxygen atoms in total. The lowest BCUT2D eigenvalue weighted by molar-refractivity contribution is -0.384. The topological polar surface area (TPSA) is 98.0 Å². The van der Waals surface area contributed by atoms with E-state index in [1.807, 2.05) is 13.8 Å². The van der Waals surface area contributed by atoms with Crippen molar-refractivity contribution in [3.8, 4) is 0 Å². The number of anilines is 1. The number of nitrogens with one attached hydrogen (secondary N) is 1. The minimum Gasteiger partial charge on any atom is -0.325 e. The van der Waals surface area contributed by atoms with Gasteiger partial charge in [0, 0.05) is 28.1 Å². The van der Waals surface area contributed by atoms with E-state index in [9.17, 15) is 14.9 Å². The number of thiophene rings is 1. The van der Waals surface area contributed by atoms with Crippen molar-refractivity contribution in [1.82, 2.24) is 9.97 Å². The summed E-state index contributed by atoms with van der Waals surface area (Å²) in [7, 11) is 0. The Kier molecular flexibility index (Phi) is 5.19. The summed E-state index contributed by atoms with van der Waals surface area (Å²) in [4.78, 5) is 33.4. The van der Waals surface area contributed by atoms with Crippen LogP contribution in [0.25, 0.3) is 10.2 Å². The number of benzene rings is 1. The molecule has 3 rings (SSSR count). The van der Waals surface area contributed by atoms with Gasteiger partial charge in [0.25, 0.3) is 5.69 Å². The average Bonchev–Trinajstić information content (AvgIpc) is 2.90. The molecule has 0 aliphatic rings. The molecule has 9 heteroatoms. The third kappa shape index (κ3) is 3.68. The second-order valence-corrected chi connectivity index (χ2v) is 8.23. The molecule has 0 radical (unpaired) electrons. The van der Waals surface area contributed by atoms with Crippen LogP contribution in [0.4, 0.5) is 11.4 Å². The lowest BCUT2D eigenvalue weighted by Gasteiger charge is -2.12. The minimum absolute atomic E-state index is 0.0166. The lowest BCUT2D eigenvalue weighted by atomic mass is 10.2. The highest BCUT2D eigenvalue weighted by atomic mass is 32.2. The molecule has 0 saturated heterocycles. The number of nitro groups is 1. The molecular formula is C17H16N4O3S2. The number of fused-ring (bicyclic) bond motifs is 1. The van der Waals surface area contributed by atoms with Crippen LogP contribution in [0, 0.1) is 24.0 Å². The van der Waals surface area contributed by atoms with E-state index in [1.165, 1.54) is 47.2 Å². The zero-order valence-corrected chi connectivity index (χ0v) is 16.0. The van der Waals surface area contributed by atoms with Gasteiger partial charge in [-0.1, -0.05) is 11.8 Å². The molecule has 0 bridgehead atoms. The van der Waals surface area contributed by atoms with E-state index in [1.54, 1.807) is 18.3 Å². The number of carbonyl (C=O) groups excluding carboxylic acids is 1. The van der Waals surface area contributed by atoms with Crippen LogP contribution in [0.1, 0.15) is 17.4 Å². The Morgan fingerprint density at radius 3 is 2.62 bits per heavy atom. The van der Waals surface area contributed by atoms with Crippen molar-refractivity contribution in [2.75, 3.05) is 5.32 Å². The Morgan fingerprint density at radius 2 is 1.96 bits per heavy atom. The molecule has 0 spiro atoms. The smallest absolute Gasteiger partial charge is 0.269 e. The Labute approximate surface area is 158 Å². The minimum atomic E-state index is -0.477. The second kappa shape index (κ2) is 7.38. The summed E-state index contributed by atoms with van der Waals surface area (Å²) in [5.74, 6) is -0.194. The normalized spacial score (nSPS) is 12.1. The first-order valence-corrected chi connectivity index (χ1v) is 9.49. The summed E-state index contributed by atoms with van der Waals surface area (Å²) in [6.07, 6.45) is 1.51. The molecule has 1 amide bonds. The Balaban J connectivity index is 1.74. The van der Waals surface area contributed by atoms with Gasteiger partial charge in [-0.05, 0) is 38.5 Å². The summed E-state index contributed by atoms with van der Waals surface area (Å²) >= 11 is 2.99. The van der Waals surface area contributed by atoms with Crippen LogP contribution in [-0.4, -0.2) is 26.0 Å². The van der Waals surface area contributed by atoms with E-state index in [-0.39, 0.29) is 16.8 Å². The van der Waals surface area contributed by atoms with Crippen LogP contribution in [-0.2, 0) is 4.79 Å². The molecule has 0 aliphatic carbocycles. The fourth-order valence-corrected chi connectivity index (χ4v) is 4.41. The van der Waals surface area contributed by atoms with Crippen LogP contribution < -0.4 is 5.32 Å². The second-order valence-electron chi connectivity index (χ2n) is 5.70. The predicted molar refractivity (Wildman–Crippen MR) is 104 cm³/mol. The van der Waals surface area contributed by atoms with Gasteiger partial charge in [-0.25, -0.2) is 9.97 Å². The number of aryl methyl sites for hydroxylation is 2. The molecular weight excluding hydrogens is 372 g/mol. The molecule has 0 aliphatic heterocycles. The van der Waals surface area contributed by atoms with Crippen LogP contribution >= 0.6 is 23.1 Å². The van der Waals surface area contributed by atoms with Gasteiger partial charge in [0.05, 0.1) is 10.2 Å². The molecule has 2 aromatic heterocycles. The van der Waals surface area contributed by atoms with E-state index in [0.717, 1.165) is 20.8 Å². The molecule has 0 fully saturated rings. The number of nitrogens with zero attached hydrogens (tertiary/aromatic N) is 3. The van der Waals surface area contributed by atoms with Crippen molar-refractivity contribution in [2.24, 2.45) is 0 Å². The number of amides is 1. The maximum atomic E-state index is 12.5. The lowest BCUT2D eigenvalue weighted by Crippen LogP contribution is -2.22. The summed E-state index contributed by atoms with van der Waals surface area (Å²) in [5.41, 5.74) is 1.64. The van der Waals surface area contributed by atoms with Crippen LogP contribution in [0.3, 0.4) is 0 Å². The first-order valence-electron chi connectivity index (χ1n) is 7.79. The summed E-state index contributed by atoms with van der Waals surface area (Å²) in [6.45, 7) is 5.87. The predicted octanol–water partition coefficient (Wildman–Crippen LogP) is 4.34. The number of hydrogen-bond donors (Lipinski definition) is 1. The third-order valence-electron chi connectivity index (χ3n) is 3.93. The number of carbonyl (C=O) groups is 1. The van der Waals surface area contributed by atoms with Gasteiger partial charge < -0.3 is 5.32 Å². The van der Waals surface area contributed by atoms with Gasteiger partial charge in [-0.3, -0.25) is 14.9 Å². The van der Waals surface area contributed by atoms with E-state index < -0.39 is 4.92 Å².